The average molecular weight is 463 g/mol. The Labute approximate surface area is 204 Å². The van der Waals surface area contributed by atoms with Crippen molar-refractivity contribution in [2.24, 2.45) is 0 Å². The first-order valence-electron chi connectivity index (χ1n) is 12.6. The SMILES string of the molecule is COc1cc2c(cc1OCCCCCN1CCCCC1)C(=O)/C(=C/c1ccc(N(C)C)cc1)C2. The van der Waals surface area contributed by atoms with Gasteiger partial charge in [-0.25, -0.2) is 0 Å². The Hall–Kier alpha value is -2.79. The van der Waals surface area contributed by atoms with Crippen molar-refractivity contribution in [3.8, 4) is 11.5 Å². The van der Waals surface area contributed by atoms with Gasteiger partial charge in [0.2, 0.25) is 0 Å². The molecule has 1 aliphatic heterocycles. The fraction of sp³-hybridized carbons (Fsp3) is 0.483. The molecular weight excluding hydrogens is 424 g/mol. The molecule has 1 fully saturated rings. The molecule has 4 rings (SSSR count). The molecule has 0 unspecified atom stereocenters. The number of rotatable bonds is 10. The molecule has 1 saturated heterocycles. The summed E-state index contributed by atoms with van der Waals surface area (Å²) in [6.45, 7) is 4.36. The molecule has 2 aromatic carbocycles. The van der Waals surface area contributed by atoms with Crippen LogP contribution in [0.25, 0.3) is 6.08 Å². The van der Waals surface area contributed by atoms with Crippen LogP contribution in [0, 0.1) is 0 Å². The summed E-state index contributed by atoms with van der Waals surface area (Å²) in [5, 5.41) is 0. The van der Waals surface area contributed by atoms with Crippen molar-refractivity contribution in [2.45, 2.75) is 44.9 Å². The third-order valence-corrected chi connectivity index (χ3v) is 6.88. The standard InChI is InChI=1S/C29H38N2O3/c1-30(2)25-12-10-22(11-13-25)18-24-19-23-20-27(33-3)28(21-26(23)29(24)32)34-17-9-5-8-16-31-14-6-4-7-15-31/h10-13,18,20-21H,4-9,14-17,19H2,1-3H3/b24-18+. The van der Waals surface area contributed by atoms with E-state index in [-0.39, 0.29) is 5.78 Å². The number of likely N-dealkylation sites (tertiary alicyclic amines) is 1. The second-order valence-electron chi connectivity index (χ2n) is 9.63. The topological polar surface area (TPSA) is 42.0 Å². The van der Waals surface area contributed by atoms with Crippen molar-refractivity contribution in [1.29, 1.82) is 0 Å². The molecule has 182 valence electrons. The number of fused-ring (bicyclic) bond motifs is 1. The maximum Gasteiger partial charge on any atom is 0.189 e. The Morgan fingerprint density at radius 3 is 2.44 bits per heavy atom. The molecule has 5 nitrogen and oxygen atoms in total. The van der Waals surface area contributed by atoms with Crippen LogP contribution in [0.15, 0.2) is 42.0 Å². The van der Waals surface area contributed by atoms with Crippen LogP contribution < -0.4 is 14.4 Å². The first-order valence-corrected chi connectivity index (χ1v) is 12.6. The molecule has 1 heterocycles. The third-order valence-electron chi connectivity index (χ3n) is 6.88. The highest BCUT2D eigenvalue weighted by atomic mass is 16.5. The van der Waals surface area contributed by atoms with Crippen LogP contribution in [0.2, 0.25) is 0 Å². The number of ether oxygens (including phenoxy) is 2. The van der Waals surface area contributed by atoms with Crippen LogP contribution in [0.3, 0.4) is 0 Å². The maximum atomic E-state index is 13.1. The fourth-order valence-electron chi connectivity index (χ4n) is 4.86. The Morgan fingerprint density at radius 2 is 1.74 bits per heavy atom. The van der Waals surface area contributed by atoms with Crippen LogP contribution in [0.1, 0.15) is 60.0 Å². The van der Waals surface area contributed by atoms with Crippen molar-refractivity contribution in [2.75, 3.05) is 52.3 Å². The normalized spacial score (nSPS) is 17.1. The van der Waals surface area contributed by atoms with Crippen LogP contribution in [0.4, 0.5) is 5.69 Å². The van der Waals surface area contributed by atoms with Crippen molar-refractivity contribution in [3.05, 3.63) is 58.7 Å². The lowest BCUT2D eigenvalue weighted by Crippen LogP contribution is -2.30. The van der Waals surface area contributed by atoms with Crippen molar-refractivity contribution in [1.82, 2.24) is 4.90 Å². The first-order chi connectivity index (χ1) is 16.5. The quantitative estimate of drug-likeness (QED) is 0.339. The highest BCUT2D eigenvalue weighted by Gasteiger charge is 2.27. The summed E-state index contributed by atoms with van der Waals surface area (Å²) >= 11 is 0. The zero-order chi connectivity index (χ0) is 23.9. The molecule has 1 aliphatic carbocycles. The van der Waals surface area contributed by atoms with Gasteiger partial charge in [-0.1, -0.05) is 18.6 Å². The number of methoxy groups -OCH3 is 1. The monoisotopic (exact) mass is 462 g/mol. The molecule has 0 atom stereocenters. The molecular formula is C29H38N2O3. The molecule has 2 aromatic rings. The van der Waals surface area contributed by atoms with E-state index in [1.165, 1.54) is 45.3 Å². The lowest BCUT2D eigenvalue weighted by Gasteiger charge is -2.26. The largest absolute Gasteiger partial charge is 0.493 e. The van der Waals surface area contributed by atoms with Gasteiger partial charge in [0, 0.05) is 37.3 Å². The number of allylic oxidation sites excluding steroid dienone is 1. The molecule has 0 bridgehead atoms. The number of piperidine rings is 1. The van der Waals surface area contributed by atoms with Gasteiger partial charge in [-0.2, -0.15) is 0 Å². The summed E-state index contributed by atoms with van der Waals surface area (Å²) in [5.41, 5.74) is 4.73. The highest BCUT2D eigenvalue weighted by Crippen LogP contribution is 2.37. The Kier molecular flexibility index (Phi) is 8.28. The number of benzene rings is 2. The van der Waals surface area contributed by atoms with Gasteiger partial charge in [0.1, 0.15) is 0 Å². The minimum absolute atomic E-state index is 0.0840. The van der Waals surface area contributed by atoms with E-state index in [1.54, 1.807) is 7.11 Å². The number of Topliss-reactive ketones (excluding diaryl/α,β-unsaturated/α-hetero) is 1. The van der Waals surface area contributed by atoms with Gasteiger partial charge >= 0.3 is 0 Å². The Balaban J connectivity index is 1.34. The van der Waals surface area contributed by atoms with Crippen LogP contribution >= 0.6 is 0 Å². The molecule has 34 heavy (non-hydrogen) atoms. The van der Waals surface area contributed by atoms with Gasteiger partial charge in [-0.3, -0.25) is 4.79 Å². The minimum Gasteiger partial charge on any atom is -0.493 e. The van der Waals surface area contributed by atoms with E-state index in [9.17, 15) is 4.79 Å². The predicted octanol–water partition coefficient (Wildman–Crippen LogP) is 5.62. The first kappa shape index (κ1) is 24.3. The molecule has 5 heteroatoms. The molecule has 0 radical (unpaired) electrons. The van der Waals surface area contributed by atoms with Gasteiger partial charge in [0.15, 0.2) is 17.3 Å². The number of carbonyl (C=O) groups excluding carboxylic acids is 1. The molecule has 0 saturated carbocycles. The lowest BCUT2D eigenvalue weighted by atomic mass is 10.1. The van der Waals surface area contributed by atoms with Crippen LogP contribution in [-0.2, 0) is 6.42 Å². The zero-order valence-corrected chi connectivity index (χ0v) is 20.9. The molecule has 0 spiro atoms. The summed E-state index contributed by atoms with van der Waals surface area (Å²) < 4.78 is 11.7. The smallest absolute Gasteiger partial charge is 0.189 e. The second-order valence-corrected chi connectivity index (χ2v) is 9.63. The fourth-order valence-corrected chi connectivity index (χ4v) is 4.86. The third kappa shape index (κ3) is 6.01. The van der Waals surface area contributed by atoms with E-state index in [4.69, 9.17) is 9.47 Å². The molecule has 2 aliphatic rings. The number of hydrogen-bond acceptors (Lipinski definition) is 5. The number of hydrogen-bond donors (Lipinski definition) is 0. The van der Waals surface area contributed by atoms with Gasteiger partial charge in [-0.15, -0.1) is 0 Å². The number of carbonyl (C=O) groups is 1. The average Bonchev–Trinajstić information content (AvgIpc) is 3.15. The summed E-state index contributed by atoms with van der Waals surface area (Å²) in [6, 6.07) is 12.1. The van der Waals surface area contributed by atoms with Gasteiger partial charge in [-0.05, 0) is 93.2 Å². The van der Waals surface area contributed by atoms with E-state index in [0.717, 1.165) is 40.8 Å². The van der Waals surface area contributed by atoms with E-state index >= 15 is 0 Å². The predicted molar refractivity (Wildman–Crippen MR) is 139 cm³/mol. The lowest BCUT2D eigenvalue weighted by molar-refractivity contribution is 0.104. The maximum absolute atomic E-state index is 13.1. The van der Waals surface area contributed by atoms with Gasteiger partial charge in [0.25, 0.3) is 0 Å². The minimum atomic E-state index is 0.0840. The number of nitrogens with zero attached hydrogens (tertiary/aromatic N) is 2. The number of unbranched alkanes of at least 4 members (excludes halogenated alkanes) is 2. The summed E-state index contributed by atoms with van der Waals surface area (Å²) in [7, 11) is 5.70. The van der Waals surface area contributed by atoms with E-state index < -0.39 is 0 Å². The Morgan fingerprint density at radius 1 is 0.971 bits per heavy atom. The van der Waals surface area contributed by atoms with E-state index in [1.807, 2.05) is 32.3 Å². The van der Waals surface area contributed by atoms with Crippen molar-refractivity contribution >= 4 is 17.5 Å². The number of ketones is 1. The number of anilines is 1. The van der Waals surface area contributed by atoms with Crippen molar-refractivity contribution < 1.29 is 14.3 Å². The zero-order valence-electron chi connectivity index (χ0n) is 20.9. The van der Waals surface area contributed by atoms with E-state index in [2.05, 4.69) is 34.1 Å². The Bertz CT molecular complexity index is 1000. The summed E-state index contributed by atoms with van der Waals surface area (Å²) in [6.07, 6.45) is 10.1. The highest BCUT2D eigenvalue weighted by molar-refractivity contribution is 6.15. The van der Waals surface area contributed by atoms with Crippen LogP contribution in [-0.4, -0.2) is 58.1 Å². The molecule has 0 N–H and O–H groups in total. The van der Waals surface area contributed by atoms with Crippen LogP contribution in [0.5, 0.6) is 11.5 Å². The van der Waals surface area contributed by atoms with E-state index in [0.29, 0.717) is 24.5 Å². The summed E-state index contributed by atoms with van der Waals surface area (Å²) in [4.78, 5) is 17.8. The second kappa shape index (κ2) is 11.6. The van der Waals surface area contributed by atoms with Gasteiger partial charge < -0.3 is 19.3 Å². The van der Waals surface area contributed by atoms with Gasteiger partial charge in [0.05, 0.1) is 13.7 Å². The summed E-state index contributed by atoms with van der Waals surface area (Å²) in [5.74, 6) is 1.46. The molecule has 0 aromatic heterocycles. The van der Waals surface area contributed by atoms with Crippen molar-refractivity contribution in [3.63, 3.8) is 0 Å². The molecule has 0 amide bonds.